The van der Waals surface area contributed by atoms with Crippen molar-refractivity contribution < 1.29 is 0 Å². The average Bonchev–Trinajstić information content (AvgIpc) is 3.08. The summed E-state index contributed by atoms with van der Waals surface area (Å²) in [6.07, 6.45) is 3.70. The molecule has 8 nitrogen and oxygen atoms in total. The van der Waals surface area contributed by atoms with Crippen LogP contribution in [-0.4, -0.2) is 56.1 Å². The van der Waals surface area contributed by atoms with Gasteiger partial charge >= 0.3 is 0 Å². The van der Waals surface area contributed by atoms with Crippen molar-refractivity contribution in [2.75, 3.05) is 36.0 Å². The van der Waals surface area contributed by atoms with Crippen molar-refractivity contribution in [3.63, 3.8) is 0 Å². The highest BCUT2D eigenvalue weighted by Gasteiger charge is 2.20. The molecule has 0 N–H and O–H groups in total. The van der Waals surface area contributed by atoms with Crippen LogP contribution in [0.5, 0.6) is 0 Å². The van der Waals surface area contributed by atoms with Crippen LogP contribution in [-0.2, 0) is 0 Å². The number of anilines is 2. The summed E-state index contributed by atoms with van der Waals surface area (Å²) >= 11 is 0. The minimum absolute atomic E-state index is 0.726. The molecule has 4 rings (SSSR count). The van der Waals surface area contributed by atoms with Crippen molar-refractivity contribution in [1.29, 1.82) is 0 Å². The molecule has 8 heteroatoms. The second-order valence-electron chi connectivity index (χ2n) is 6.12. The van der Waals surface area contributed by atoms with Gasteiger partial charge in [0.15, 0.2) is 11.6 Å². The lowest BCUT2D eigenvalue weighted by Gasteiger charge is -2.35. The normalized spacial score (nSPS) is 14.8. The van der Waals surface area contributed by atoms with Gasteiger partial charge in [-0.1, -0.05) is 0 Å². The molecule has 25 heavy (non-hydrogen) atoms. The SMILES string of the molecule is Cc1ccnc(N2CCN(c3ccc(-n4ccc(C)n4)nn3)CC2)n1. The maximum absolute atomic E-state index is 4.50. The maximum Gasteiger partial charge on any atom is 0.225 e. The van der Waals surface area contributed by atoms with E-state index in [-0.39, 0.29) is 0 Å². The molecule has 0 unspecified atom stereocenters. The Kier molecular flexibility index (Phi) is 4.01. The summed E-state index contributed by atoms with van der Waals surface area (Å²) < 4.78 is 1.74. The van der Waals surface area contributed by atoms with Gasteiger partial charge in [-0.2, -0.15) is 5.10 Å². The summed E-state index contributed by atoms with van der Waals surface area (Å²) in [5, 5.41) is 13.0. The third-order valence-electron chi connectivity index (χ3n) is 4.26. The summed E-state index contributed by atoms with van der Waals surface area (Å²) in [6.45, 7) is 7.41. The third kappa shape index (κ3) is 3.28. The highest BCUT2D eigenvalue weighted by Crippen LogP contribution is 2.16. The number of nitrogens with zero attached hydrogens (tertiary/aromatic N) is 8. The van der Waals surface area contributed by atoms with Crippen LogP contribution in [0.25, 0.3) is 5.82 Å². The van der Waals surface area contributed by atoms with Crippen LogP contribution in [0.1, 0.15) is 11.4 Å². The summed E-state index contributed by atoms with van der Waals surface area (Å²) in [7, 11) is 0. The van der Waals surface area contributed by atoms with Gasteiger partial charge in [0.2, 0.25) is 5.95 Å². The summed E-state index contributed by atoms with van der Waals surface area (Å²) in [5.41, 5.74) is 1.95. The topological polar surface area (TPSA) is 75.9 Å². The minimum atomic E-state index is 0.726. The number of hydrogen-bond donors (Lipinski definition) is 0. The van der Waals surface area contributed by atoms with Crippen molar-refractivity contribution in [3.8, 4) is 5.82 Å². The predicted molar refractivity (Wildman–Crippen MR) is 95.1 cm³/mol. The first-order chi connectivity index (χ1) is 12.2. The van der Waals surface area contributed by atoms with Crippen LogP contribution < -0.4 is 9.80 Å². The fourth-order valence-corrected chi connectivity index (χ4v) is 2.88. The highest BCUT2D eigenvalue weighted by atomic mass is 15.4. The average molecular weight is 336 g/mol. The predicted octanol–water partition coefficient (Wildman–Crippen LogP) is 1.40. The maximum atomic E-state index is 4.50. The number of hydrogen-bond acceptors (Lipinski definition) is 7. The Morgan fingerprint density at radius 1 is 0.800 bits per heavy atom. The summed E-state index contributed by atoms with van der Waals surface area (Å²) in [5.74, 6) is 2.41. The first-order valence-electron chi connectivity index (χ1n) is 8.35. The van der Waals surface area contributed by atoms with Gasteiger partial charge in [0.05, 0.1) is 5.69 Å². The van der Waals surface area contributed by atoms with Gasteiger partial charge in [-0.05, 0) is 38.1 Å². The molecule has 0 spiro atoms. The summed E-state index contributed by atoms with van der Waals surface area (Å²) in [4.78, 5) is 13.3. The van der Waals surface area contributed by atoms with E-state index < -0.39 is 0 Å². The molecule has 128 valence electrons. The van der Waals surface area contributed by atoms with Gasteiger partial charge in [0.1, 0.15) is 0 Å². The molecule has 3 aromatic heterocycles. The molecule has 1 fully saturated rings. The molecule has 1 aliphatic heterocycles. The van der Waals surface area contributed by atoms with Gasteiger partial charge < -0.3 is 9.80 Å². The Bertz CT molecular complexity index is 849. The zero-order valence-electron chi connectivity index (χ0n) is 14.4. The number of aryl methyl sites for hydroxylation is 2. The molecule has 3 aromatic rings. The van der Waals surface area contributed by atoms with Crippen LogP contribution in [0.2, 0.25) is 0 Å². The second-order valence-corrected chi connectivity index (χ2v) is 6.12. The van der Waals surface area contributed by atoms with E-state index in [1.54, 1.807) is 4.68 Å². The highest BCUT2D eigenvalue weighted by molar-refractivity contribution is 5.43. The zero-order valence-corrected chi connectivity index (χ0v) is 14.4. The van der Waals surface area contributed by atoms with Crippen molar-refractivity contribution >= 4 is 11.8 Å². The Morgan fingerprint density at radius 2 is 1.52 bits per heavy atom. The Morgan fingerprint density at radius 3 is 2.16 bits per heavy atom. The first kappa shape index (κ1) is 15.5. The van der Waals surface area contributed by atoms with Crippen LogP contribution in [0.15, 0.2) is 36.7 Å². The van der Waals surface area contributed by atoms with Crippen LogP contribution in [0.4, 0.5) is 11.8 Å². The van der Waals surface area contributed by atoms with E-state index in [9.17, 15) is 0 Å². The molecule has 0 aromatic carbocycles. The van der Waals surface area contributed by atoms with E-state index >= 15 is 0 Å². The Labute approximate surface area is 146 Å². The van der Waals surface area contributed by atoms with Crippen LogP contribution in [0.3, 0.4) is 0 Å². The van der Waals surface area contributed by atoms with Gasteiger partial charge in [-0.3, -0.25) is 0 Å². The molecule has 1 saturated heterocycles. The van der Waals surface area contributed by atoms with Crippen LogP contribution in [0, 0.1) is 13.8 Å². The lowest BCUT2D eigenvalue weighted by Crippen LogP contribution is -2.47. The first-order valence-corrected chi connectivity index (χ1v) is 8.35. The van der Waals surface area contributed by atoms with E-state index in [1.165, 1.54) is 0 Å². The molecule has 0 radical (unpaired) electrons. The molecule has 0 saturated carbocycles. The van der Waals surface area contributed by atoms with E-state index in [4.69, 9.17) is 0 Å². The lowest BCUT2D eigenvalue weighted by atomic mass is 10.3. The van der Waals surface area contributed by atoms with Crippen molar-refractivity contribution in [2.45, 2.75) is 13.8 Å². The molecule has 4 heterocycles. The van der Waals surface area contributed by atoms with E-state index in [1.807, 2.05) is 50.5 Å². The molecular formula is C17H20N8. The third-order valence-corrected chi connectivity index (χ3v) is 4.26. The molecule has 0 amide bonds. The van der Waals surface area contributed by atoms with E-state index in [2.05, 4.69) is 35.1 Å². The van der Waals surface area contributed by atoms with Crippen molar-refractivity contribution in [2.24, 2.45) is 0 Å². The van der Waals surface area contributed by atoms with Crippen LogP contribution >= 0.6 is 0 Å². The molecular weight excluding hydrogens is 316 g/mol. The summed E-state index contributed by atoms with van der Waals surface area (Å²) in [6, 6.07) is 7.81. The number of rotatable bonds is 3. The Hall–Kier alpha value is -3.03. The standard InChI is InChI=1S/C17H20N8/c1-13-5-7-18-17(19-13)24-11-9-23(10-12-24)15-3-4-16(21-20-15)25-8-6-14(2)22-25/h3-8H,9-12H2,1-2H3. The molecule has 0 aliphatic carbocycles. The second kappa shape index (κ2) is 6.46. The fraction of sp³-hybridized carbons (Fsp3) is 0.353. The quantitative estimate of drug-likeness (QED) is 0.715. The Balaban J connectivity index is 1.42. The molecule has 0 bridgehead atoms. The van der Waals surface area contributed by atoms with E-state index in [0.29, 0.717) is 0 Å². The largest absolute Gasteiger partial charge is 0.352 e. The minimum Gasteiger partial charge on any atom is -0.352 e. The molecule has 0 atom stereocenters. The number of piperazine rings is 1. The molecule has 1 aliphatic rings. The van der Waals surface area contributed by atoms with Crippen molar-refractivity contribution in [1.82, 2.24) is 29.9 Å². The van der Waals surface area contributed by atoms with E-state index in [0.717, 1.165) is 55.2 Å². The fourth-order valence-electron chi connectivity index (χ4n) is 2.88. The van der Waals surface area contributed by atoms with Gasteiger partial charge in [0, 0.05) is 44.3 Å². The lowest BCUT2D eigenvalue weighted by molar-refractivity contribution is 0.629. The monoisotopic (exact) mass is 336 g/mol. The number of aromatic nitrogens is 6. The van der Waals surface area contributed by atoms with Crippen molar-refractivity contribution in [3.05, 3.63) is 48.0 Å². The zero-order chi connectivity index (χ0) is 17.2. The van der Waals surface area contributed by atoms with Gasteiger partial charge in [0.25, 0.3) is 0 Å². The van der Waals surface area contributed by atoms with Gasteiger partial charge in [-0.15, -0.1) is 10.2 Å². The smallest absolute Gasteiger partial charge is 0.225 e. The van der Waals surface area contributed by atoms with Gasteiger partial charge in [-0.25, -0.2) is 14.6 Å².